The molecule has 3 aromatic heterocycles. The third kappa shape index (κ3) is 8.11. The van der Waals surface area contributed by atoms with Gasteiger partial charge in [-0.15, -0.1) is 11.3 Å². The highest BCUT2D eigenvalue weighted by atomic mass is 32.1. The Bertz CT molecular complexity index is 1530. The maximum atomic E-state index is 11.1. The van der Waals surface area contributed by atoms with Crippen LogP contribution in [-0.4, -0.2) is 47.7 Å². The van der Waals surface area contributed by atoms with Crippen LogP contribution in [0.4, 0.5) is 0 Å². The number of ether oxygens (including phenoxy) is 2. The van der Waals surface area contributed by atoms with E-state index in [4.69, 9.17) is 19.4 Å². The zero-order valence-electron chi connectivity index (χ0n) is 26.5. The number of rotatable bonds is 19. The molecule has 1 atom stereocenters. The number of nitrogens with zero attached hydrogens (tertiary/aromatic N) is 3. The molecule has 1 unspecified atom stereocenters. The molecule has 4 aromatic rings. The number of carbonyl (C=O) groups excluding carboxylic acids is 2. The predicted molar refractivity (Wildman–Crippen MR) is 176 cm³/mol. The maximum Gasteiger partial charge on any atom is 0.293 e. The third-order valence-corrected chi connectivity index (χ3v) is 8.87. The van der Waals surface area contributed by atoms with Gasteiger partial charge in [-0.2, -0.15) is 0 Å². The van der Waals surface area contributed by atoms with E-state index in [1.165, 1.54) is 10.9 Å². The van der Waals surface area contributed by atoms with Crippen molar-refractivity contribution in [1.29, 1.82) is 0 Å². The second-order valence-electron chi connectivity index (χ2n) is 11.8. The first-order valence-corrected chi connectivity index (χ1v) is 16.3. The van der Waals surface area contributed by atoms with E-state index in [0.29, 0.717) is 25.9 Å². The number of hydrazine groups is 1. The zero-order chi connectivity index (χ0) is 31.5. The van der Waals surface area contributed by atoms with E-state index in [2.05, 4.69) is 65.8 Å². The standard InChI is InChI=1S/C34H45N5O4S/c1-6-39-30-15-14-25(29-20-44-31(38-29)13-9-7-8-10-17-36-37-22-40)18-27(30)28(19-34(3,4)21-43-23-41)33(39)26-12-11-16-35-32(26)24(2)42-5/h11-12,14-16,18,20,22-24,36H,6-10,13,17,19,21H2,1-5H3,(H,37,40). The van der Waals surface area contributed by atoms with Gasteiger partial charge in [0.2, 0.25) is 6.41 Å². The van der Waals surface area contributed by atoms with Gasteiger partial charge in [-0.25, -0.2) is 10.4 Å². The minimum absolute atomic E-state index is 0.172. The van der Waals surface area contributed by atoms with E-state index in [1.807, 2.05) is 19.2 Å². The van der Waals surface area contributed by atoms with Crippen LogP contribution in [0.2, 0.25) is 0 Å². The van der Waals surface area contributed by atoms with Gasteiger partial charge in [0, 0.05) is 59.2 Å². The molecule has 0 spiro atoms. The summed E-state index contributed by atoms with van der Waals surface area (Å²) in [5, 5.41) is 4.48. The number of methoxy groups -OCH3 is 1. The monoisotopic (exact) mass is 619 g/mol. The van der Waals surface area contributed by atoms with Gasteiger partial charge in [-0.3, -0.25) is 20.0 Å². The Morgan fingerprint density at radius 1 is 1.14 bits per heavy atom. The smallest absolute Gasteiger partial charge is 0.293 e. The molecule has 1 aromatic carbocycles. The van der Waals surface area contributed by atoms with E-state index in [-0.39, 0.29) is 11.5 Å². The molecule has 0 bridgehead atoms. The molecule has 3 heterocycles. The van der Waals surface area contributed by atoms with E-state index in [1.54, 1.807) is 18.4 Å². The molecule has 0 saturated heterocycles. The van der Waals surface area contributed by atoms with Gasteiger partial charge in [0.25, 0.3) is 6.47 Å². The fourth-order valence-corrected chi connectivity index (χ4v) is 6.61. The highest BCUT2D eigenvalue weighted by molar-refractivity contribution is 7.09. The lowest BCUT2D eigenvalue weighted by Crippen LogP contribution is -2.30. The number of carbonyl (C=O) groups is 2. The highest BCUT2D eigenvalue weighted by Crippen LogP contribution is 2.41. The first kappa shape index (κ1) is 33.3. The van der Waals surface area contributed by atoms with E-state index >= 15 is 0 Å². The maximum absolute atomic E-state index is 11.1. The number of amides is 1. The van der Waals surface area contributed by atoms with Crippen LogP contribution in [0.25, 0.3) is 33.4 Å². The van der Waals surface area contributed by atoms with Crippen molar-refractivity contribution >= 4 is 35.1 Å². The second kappa shape index (κ2) is 15.9. The van der Waals surface area contributed by atoms with Crippen LogP contribution in [0.3, 0.4) is 0 Å². The number of hydrogen-bond donors (Lipinski definition) is 2. The number of fused-ring (bicyclic) bond motifs is 1. The summed E-state index contributed by atoms with van der Waals surface area (Å²) in [6.07, 6.45) is 8.32. The first-order chi connectivity index (χ1) is 21.3. The number of unbranched alkanes of at least 4 members (excludes halogenated alkanes) is 3. The Kier molecular flexibility index (Phi) is 12.1. The summed E-state index contributed by atoms with van der Waals surface area (Å²) < 4.78 is 13.4. The lowest BCUT2D eigenvalue weighted by atomic mass is 9.84. The summed E-state index contributed by atoms with van der Waals surface area (Å²) in [5.41, 5.74) is 12.6. The van der Waals surface area contributed by atoms with Gasteiger partial charge in [0.05, 0.1) is 34.8 Å². The Hall–Kier alpha value is -3.60. The summed E-state index contributed by atoms with van der Waals surface area (Å²) >= 11 is 1.72. The average molecular weight is 620 g/mol. The molecule has 0 fully saturated rings. The zero-order valence-corrected chi connectivity index (χ0v) is 27.3. The Balaban J connectivity index is 1.69. The number of benzene rings is 1. The number of thiazole rings is 1. The van der Waals surface area contributed by atoms with Crippen molar-refractivity contribution < 1.29 is 19.1 Å². The molecule has 9 nitrogen and oxygen atoms in total. The number of hydrogen-bond acceptors (Lipinski definition) is 8. The largest absolute Gasteiger partial charge is 0.467 e. The van der Waals surface area contributed by atoms with Crippen molar-refractivity contribution in [3.05, 3.63) is 58.2 Å². The molecule has 2 N–H and O–H groups in total. The molecule has 236 valence electrons. The number of nitrogens with one attached hydrogen (secondary N) is 2. The minimum Gasteiger partial charge on any atom is -0.467 e. The van der Waals surface area contributed by atoms with E-state index in [9.17, 15) is 9.59 Å². The fourth-order valence-electron chi connectivity index (χ4n) is 5.76. The molecule has 10 heteroatoms. The van der Waals surface area contributed by atoms with Crippen molar-refractivity contribution in [2.45, 2.75) is 78.9 Å². The highest BCUT2D eigenvalue weighted by Gasteiger charge is 2.28. The summed E-state index contributed by atoms with van der Waals surface area (Å²) in [7, 11) is 1.71. The molecule has 44 heavy (non-hydrogen) atoms. The molecular weight excluding hydrogens is 574 g/mol. The van der Waals surface area contributed by atoms with Crippen molar-refractivity contribution in [2.24, 2.45) is 5.41 Å². The Morgan fingerprint density at radius 3 is 2.70 bits per heavy atom. The molecule has 0 radical (unpaired) electrons. The third-order valence-electron chi connectivity index (χ3n) is 7.97. The van der Waals surface area contributed by atoms with Gasteiger partial charge in [-0.05, 0) is 69.4 Å². The lowest BCUT2D eigenvalue weighted by molar-refractivity contribution is -0.131. The lowest BCUT2D eigenvalue weighted by Gasteiger charge is -2.25. The first-order valence-electron chi connectivity index (χ1n) is 15.4. The Labute approximate surface area is 264 Å². The minimum atomic E-state index is -0.289. The van der Waals surface area contributed by atoms with Crippen molar-refractivity contribution in [2.75, 3.05) is 20.3 Å². The number of pyridine rings is 1. The molecule has 1 amide bonds. The number of aromatic nitrogens is 3. The van der Waals surface area contributed by atoms with Gasteiger partial charge < -0.3 is 14.0 Å². The van der Waals surface area contributed by atoms with E-state index in [0.717, 1.165) is 83.9 Å². The van der Waals surface area contributed by atoms with Crippen LogP contribution >= 0.6 is 11.3 Å². The number of aryl methyl sites for hydroxylation is 2. The predicted octanol–water partition coefficient (Wildman–Crippen LogP) is 6.65. The van der Waals surface area contributed by atoms with Crippen LogP contribution in [0.1, 0.15) is 75.7 Å². The van der Waals surface area contributed by atoms with Gasteiger partial charge >= 0.3 is 0 Å². The second-order valence-corrected chi connectivity index (χ2v) is 12.8. The molecular formula is C34H45N5O4S. The summed E-state index contributed by atoms with van der Waals surface area (Å²) in [4.78, 5) is 31.1. The molecule has 0 aliphatic heterocycles. The topological polar surface area (TPSA) is 107 Å². The van der Waals surface area contributed by atoms with E-state index < -0.39 is 0 Å². The van der Waals surface area contributed by atoms with Crippen molar-refractivity contribution in [1.82, 2.24) is 25.4 Å². The molecule has 0 aliphatic carbocycles. The molecule has 0 aliphatic rings. The summed E-state index contributed by atoms with van der Waals surface area (Å²) in [6, 6.07) is 10.8. The molecule has 4 rings (SSSR count). The van der Waals surface area contributed by atoms with Crippen LogP contribution in [0.5, 0.6) is 0 Å². The SMILES string of the molecule is CCn1c(-c2cccnc2C(C)OC)c(CC(C)(C)COC=O)c2cc(-c3csc(CCCCCCNNC=O)n3)ccc21. The Morgan fingerprint density at radius 2 is 1.95 bits per heavy atom. The summed E-state index contributed by atoms with van der Waals surface area (Å²) in [6.45, 7) is 10.9. The van der Waals surface area contributed by atoms with Crippen LogP contribution in [0, 0.1) is 5.41 Å². The quantitative estimate of drug-likeness (QED) is 0.0688. The normalized spacial score (nSPS) is 12.4. The van der Waals surface area contributed by atoms with Gasteiger partial charge in [0.15, 0.2) is 0 Å². The fraction of sp³-hybridized carbons (Fsp3) is 0.471. The van der Waals surface area contributed by atoms with Crippen molar-refractivity contribution in [3.63, 3.8) is 0 Å². The van der Waals surface area contributed by atoms with Crippen LogP contribution in [-0.2, 0) is 38.4 Å². The van der Waals surface area contributed by atoms with Gasteiger partial charge in [-0.1, -0.05) is 32.8 Å². The van der Waals surface area contributed by atoms with Gasteiger partial charge in [0.1, 0.15) is 0 Å². The van der Waals surface area contributed by atoms with Crippen LogP contribution in [0.15, 0.2) is 41.9 Å². The summed E-state index contributed by atoms with van der Waals surface area (Å²) in [5.74, 6) is 0. The average Bonchev–Trinajstić information content (AvgIpc) is 3.63. The van der Waals surface area contributed by atoms with Crippen LogP contribution < -0.4 is 10.9 Å². The van der Waals surface area contributed by atoms with Crippen molar-refractivity contribution in [3.8, 4) is 22.5 Å². The molecule has 0 saturated carbocycles.